The minimum Gasteiger partial charge on any atom is -0.460 e. The molecule has 0 unspecified atom stereocenters. The van der Waals surface area contributed by atoms with Crippen LogP contribution in [0.4, 0.5) is 0 Å². The topological polar surface area (TPSA) is 45.5 Å². The summed E-state index contributed by atoms with van der Waals surface area (Å²) in [5.41, 5.74) is 0.923. The molecule has 1 N–H and O–H groups in total. The second kappa shape index (κ2) is 5.67. The molecule has 1 aromatic heterocycles. The molecule has 1 aromatic carbocycles. The van der Waals surface area contributed by atoms with Gasteiger partial charge in [0, 0.05) is 30.9 Å². The summed E-state index contributed by atoms with van der Waals surface area (Å²) in [6, 6.07) is 10.3. The Bertz CT molecular complexity index is 572. The van der Waals surface area contributed by atoms with Crippen molar-refractivity contribution in [2.75, 3.05) is 13.1 Å². The van der Waals surface area contributed by atoms with Gasteiger partial charge in [0.1, 0.15) is 11.3 Å². The third kappa shape index (κ3) is 2.85. The highest BCUT2D eigenvalue weighted by Crippen LogP contribution is 2.18. The molecule has 1 aliphatic rings. The molecule has 3 rings (SSSR count). The molecule has 2 heterocycles. The summed E-state index contributed by atoms with van der Waals surface area (Å²) in [5.74, 6) is 1.22. The van der Waals surface area contributed by atoms with Gasteiger partial charge < -0.3 is 14.6 Å². The number of hydrogen-bond acceptors (Lipinski definition) is 3. The van der Waals surface area contributed by atoms with Gasteiger partial charge in [-0.1, -0.05) is 18.2 Å². The smallest absolute Gasteiger partial charge is 0.222 e. The van der Waals surface area contributed by atoms with Crippen LogP contribution in [-0.4, -0.2) is 29.9 Å². The summed E-state index contributed by atoms with van der Waals surface area (Å²) in [7, 11) is 0. The molecule has 106 valence electrons. The van der Waals surface area contributed by atoms with Crippen molar-refractivity contribution in [3.63, 3.8) is 0 Å². The molecule has 1 saturated heterocycles. The summed E-state index contributed by atoms with van der Waals surface area (Å²) >= 11 is 0. The molecule has 20 heavy (non-hydrogen) atoms. The van der Waals surface area contributed by atoms with Gasteiger partial charge in [-0.25, -0.2) is 0 Å². The molecule has 1 aliphatic heterocycles. The summed E-state index contributed by atoms with van der Waals surface area (Å²) in [5, 5.41) is 4.55. The van der Waals surface area contributed by atoms with E-state index in [4.69, 9.17) is 4.42 Å². The first-order valence-electron chi connectivity index (χ1n) is 7.21. The van der Waals surface area contributed by atoms with Crippen LogP contribution in [0, 0.1) is 0 Å². The van der Waals surface area contributed by atoms with Crippen LogP contribution in [0.2, 0.25) is 0 Å². The summed E-state index contributed by atoms with van der Waals surface area (Å²) in [6.07, 6.45) is 1.70. The maximum Gasteiger partial charge on any atom is 0.222 e. The van der Waals surface area contributed by atoms with E-state index in [1.54, 1.807) is 0 Å². The van der Waals surface area contributed by atoms with Crippen LogP contribution in [0.25, 0.3) is 11.0 Å². The molecular weight excluding hydrogens is 252 g/mol. The lowest BCUT2D eigenvalue weighted by molar-refractivity contribution is -0.127. The molecule has 0 saturated carbocycles. The number of carbonyl (C=O) groups excluding carboxylic acids is 1. The van der Waals surface area contributed by atoms with Crippen molar-refractivity contribution in [3.05, 3.63) is 36.1 Å². The summed E-state index contributed by atoms with van der Waals surface area (Å²) in [6.45, 7) is 4.47. The third-order valence-corrected chi connectivity index (χ3v) is 3.77. The van der Waals surface area contributed by atoms with Gasteiger partial charge in [-0.15, -0.1) is 0 Å². The monoisotopic (exact) mass is 272 g/mol. The maximum absolute atomic E-state index is 11.6. The number of furan rings is 1. The van der Waals surface area contributed by atoms with E-state index < -0.39 is 0 Å². The van der Waals surface area contributed by atoms with Crippen LogP contribution >= 0.6 is 0 Å². The fourth-order valence-electron chi connectivity index (χ4n) is 2.69. The number of carbonyl (C=O) groups is 1. The van der Waals surface area contributed by atoms with Crippen molar-refractivity contribution in [3.8, 4) is 0 Å². The van der Waals surface area contributed by atoms with Crippen LogP contribution in [0.15, 0.2) is 34.7 Å². The molecule has 0 radical (unpaired) electrons. The van der Waals surface area contributed by atoms with Crippen LogP contribution in [0.1, 0.15) is 25.5 Å². The first-order chi connectivity index (χ1) is 9.72. The van der Waals surface area contributed by atoms with Gasteiger partial charge in [-0.3, -0.25) is 4.79 Å². The van der Waals surface area contributed by atoms with Gasteiger partial charge in [0.05, 0.1) is 6.54 Å². The molecule has 0 spiro atoms. The van der Waals surface area contributed by atoms with E-state index in [-0.39, 0.29) is 11.9 Å². The standard InChI is InChI=1S/C16H20N2O2/c1-12(11-18-8-4-7-16(18)19)17-10-14-9-13-5-2-3-6-15(13)20-14/h2-3,5-6,9,12,17H,4,7-8,10-11H2,1H3/t12-/m0/s1. The zero-order chi connectivity index (χ0) is 13.9. The predicted molar refractivity (Wildman–Crippen MR) is 78.3 cm³/mol. The van der Waals surface area contributed by atoms with Gasteiger partial charge in [0.2, 0.25) is 5.91 Å². The lowest BCUT2D eigenvalue weighted by Gasteiger charge is -2.21. The fraction of sp³-hybridized carbons (Fsp3) is 0.438. The van der Waals surface area contributed by atoms with Crippen LogP contribution in [0.3, 0.4) is 0 Å². The number of likely N-dealkylation sites (tertiary alicyclic amines) is 1. The molecule has 0 aliphatic carbocycles. The SMILES string of the molecule is C[C@@H](CN1CCCC1=O)NCc1cc2ccccc2o1. The number of para-hydroxylation sites is 1. The average Bonchev–Trinajstić information content (AvgIpc) is 3.03. The van der Waals surface area contributed by atoms with Crippen LogP contribution in [0.5, 0.6) is 0 Å². The quantitative estimate of drug-likeness (QED) is 0.909. The summed E-state index contributed by atoms with van der Waals surface area (Å²) < 4.78 is 5.77. The molecular formula is C16H20N2O2. The third-order valence-electron chi connectivity index (χ3n) is 3.77. The Labute approximate surface area is 118 Å². The first-order valence-corrected chi connectivity index (χ1v) is 7.21. The van der Waals surface area contributed by atoms with Gasteiger partial charge in [0.25, 0.3) is 0 Å². The van der Waals surface area contributed by atoms with Crippen molar-refractivity contribution in [2.45, 2.75) is 32.4 Å². The van der Waals surface area contributed by atoms with Gasteiger partial charge >= 0.3 is 0 Å². The van der Waals surface area contributed by atoms with E-state index in [1.807, 2.05) is 23.1 Å². The minimum absolute atomic E-state index is 0.269. The Morgan fingerprint density at radius 3 is 3.00 bits per heavy atom. The molecule has 1 fully saturated rings. The van der Waals surface area contributed by atoms with E-state index in [9.17, 15) is 4.79 Å². The lowest BCUT2D eigenvalue weighted by Crippen LogP contribution is -2.39. The molecule has 2 aromatic rings. The number of fused-ring (bicyclic) bond motifs is 1. The number of rotatable bonds is 5. The van der Waals surface area contributed by atoms with Gasteiger partial charge in [0.15, 0.2) is 0 Å². The largest absolute Gasteiger partial charge is 0.460 e. The zero-order valence-electron chi connectivity index (χ0n) is 11.8. The fourth-order valence-corrected chi connectivity index (χ4v) is 2.69. The summed E-state index contributed by atoms with van der Waals surface area (Å²) in [4.78, 5) is 13.5. The maximum atomic E-state index is 11.6. The highest BCUT2D eigenvalue weighted by Gasteiger charge is 2.21. The number of nitrogens with zero attached hydrogens (tertiary/aromatic N) is 1. The van der Waals surface area contributed by atoms with Crippen molar-refractivity contribution >= 4 is 16.9 Å². The highest BCUT2D eigenvalue weighted by molar-refractivity contribution is 5.78. The predicted octanol–water partition coefficient (Wildman–Crippen LogP) is 2.53. The molecule has 1 atom stereocenters. The Balaban J connectivity index is 1.54. The second-order valence-corrected chi connectivity index (χ2v) is 5.48. The lowest BCUT2D eigenvalue weighted by atomic mass is 10.2. The number of hydrogen-bond donors (Lipinski definition) is 1. The molecule has 4 nitrogen and oxygen atoms in total. The number of nitrogens with one attached hydrogen (secondary N) is 1. The first kappa shape index (κ1) is 13.2. The number of benzene rings is 1. The van der Waals surface area contributed by atoms with E-state index in [2.05, 4.69) is 24.4 Å². The van der Waals surface area contributed by atoms with Crippen LogP contribution in [-0.2, 0) is 11.3 Å². The van der Waals surface area contributed by atoms with E-state index in [0.717, 1.165) is 36.2 Å². The van der Waals surface area contributed by atoms with E-state index in [0.29, 0.717) is 13.0 Å². The Morgan fingerprint density at radius 2 is 2.25 bits per heavy atom. The molecule has 4 heteroatoms. The van der Waals surface area contributed by atoms with Crippen molar-refractivity contribution < 1.29 is 9.21 Å². The minimum atomic E-state index is 0.269. The highest BCUT2D eigenvalue weighted by atomic mass is 16.3. The number of amides is 1. The molecule has 1 amide bonds. The average molecular weight is 272 g/mol. The van der Waals surface area contributed by atoms with Crippen molar-refractivity contribution in [1.82, 2.24) is 10.2 Å². The zero-order valence-corrected chi connectivity index (χ0v) is 11.8. The molecule has 0 bridgehead atoms. The van der Waals surface area contributed by atoms with E-state index >= 15 is 0 Å². The van der Waals surface area contributed by atoms with Gasteiger partial charge in [-0.05, 0) is 25.5 Å². The van der Waals surface area contributed by atoms with Crippen molar-refractivity contribution in [2.24, 2.45) is 0 Å². The van der Waals surface area contributed by atoms with Crippen LogP contribution < -0.4 is 5.32 Å². The Hall–Kier alpha value is -1.81. The van der Waals surface area contributed by atoms with Crippen molar-refractivity contribution in [1.29, 1.82) is 0 Å². The van der Waals surface area contributed by atoms with Gasteiger partial charge in [-0.2, -0.15) is 0 Å². The Kier molecular flexibility index (Phi) is 3.74. The van der Waals surface area contributed by atoms with E-state index in [1.165, 1.54) is 0 Å². The normalized spacial score (nSPS) is 17.1. The second-order valence-electron chi connectivity index (χ2n) is 5.48. The Morgan fingerprint density at radius 1 is 1.40 bits per heavy atom.